The summed E-state index contributed by atoms with van der Waals surface area (Å²) < 4.78 is 18.5. The molecule has 1 N–H and O–H groups in total. The minimum absolute atomic E-state index is 0.0189. The lowest BCUT2D eigenvalue weighted by molar-refractivity contribution is -0.110. The third-order valence-corrected chi connectivity index (χ3v) is 5.57. The molecule has 1 saturated heterocycles. The first-order valence-corrected chi connectivity index (χ1v) is 10.3. The molecule has 1 amide bonds. The van der Waals surface area contributed by atoms with Gasteiger partial charge in [0.1, 0.15) is 17.7 Å². The van der Waals surface area contributed by atoms with Gasteiger partial charge >= 0.3 is 6.09 Å². The second-order valence-electron chi connectivity index (χ2n) is 9.90. The largest absolute Gasteiger partial charge is 0.444 e. The predicted octanol–water partition coefficient (Wildman–Crippen LogP) is 4.37. The molecule has 0 aromatic heterocycles. The molecule has 0 radical (unpaired) electrons. The van der Waals surface area contributed by atoms with Gasteiger partial charge in [-0.25, -0.2) is 9.18 Å². The quantitative estimate of drug-likeness (QED) is 0.713. The maximum atomic E-state index is 13.3. The number of piperidine rings is 1. The van der Waals surface area contributed by atoms with Crippen LogP contribution in [0.2, 0.25) is 0 Å². The van der Waals surface area contributed by atoms with Gasteiger partial charge in [-0.1, -0.05) is 32.9 Å². The second kappa shape index (κ2) is 9.24. The number of benzene rings is 1. The van der Waals surface area contributed by atoms with Crippen LogP contribution in [0.3, 0.4) is 0 Å². The molecule has 0 saturated carbocycles. The van der Waals surface area contributed by atoms with Crippen molar-refractivity contribution in [2.75, 3.05) is 19.6 Å². The molecule has 1 aliphatic heterocycles. The smallest absolute Gasteiger partial charge is 0.408 e. The summed E-state index contributed by atoms with van der Waals surface area (Å²) in [6, 6.07) is 6.22. The lowest BCUT2D eigenvalue weighted by Crippen LogP contribution is -2.50. The van der Waals surface area contributed by atoms with Crippen LogP contribution in [-0.4, -0.2) is 48.6 Å². The van der Waals surface area contributed by atoms with Crippen molar-refractivity contribution >= 4 is 12.4 Å². The van der Waals surface area contributed by atoms with Crippen LogP contribution >= 0.6 is 0 Å². The van der Waals surface area contributed by atoms with Gasteiger partial charge in [-0.2, -0.15) is 0 Å². The molecule has 3 unspecified atom stereocenters. The van der Waals surface area contributed by atoms with E-state index in [9.17, 15) is 14.0 Å². The SMILES string of the molecule is CC(CN1CCC(c2ccc(F)cc2)C(C)(C)C1)C(C=O)NC(=O)OC(C)(C)C. The van der Waals surface area contributed by atoms with E-state index in [0.29, 0.717) is 12.5 Å². The molecular weight excluding hydrogens is 371 g/mol. The van der Waals surface area contributed by atoms with E-state index in [4.69, 9.17) is 4.74 Å². The van der Waals surface area contributed by atoms with Gasteiger partial charge in [0.05, 0.1) is 6.04 Å². The monoisotopic (exact) mass is 406 g/mol. The van der Waals surface area contributed by atoms with Crippen LogP contribution in [0.25, 0.3) is 0 Å². The minimum atomic E-state index is -0.604. The first kappa shape index (κ1) is 23.3. The average molecular weight is 407 g/mol. The number of halogens is 1. The van der Waals surface area contributed by atoms with Crippen molar-refractivity contribution in [2.24, 2.45) is 11.3 Å². The molecule has 1 aliphatic rings. The van der Waals surface area contributed by atoms with Crippen molar-refractivity contribution in [1.82, 2.24) is 10.2 Å². The number of rotatable bonds is 6. The summed E-state index contributed by atoms with van der Waals surface area (Å²) in [7, 11) is 0. The highest BCUT2D eigenvalue weighted by Gasteiger charge is 2.37. The lowest BCUT2D eigenvalue weighted by atomic mass is 9.70. The van der Waals surface area contributed by atoms with E-state index >= 15 is 0 Å². The Morgan fingerprint density at radius 2 is 1.97 bits per heavy atom. The zero-order chi connectivity index (χ0) is 21.8. The molecule has 0 aliphatic carbocycles. The number of carbonyl (C=O) groups is 2. The summed E-state index contributed by atoms with van der Waals surface area (Å²) in [5.74, 6) is 0.102. The standard InChI is InChI=1S/C23H35FN2O3/c1-16(20(14-27)25-21(28)29-22(2,3)4)13-26-12-11-19(23(5,6)15-26)17-7-9-18(24)10-8-17/h7-10,14,16,19-20H,11-13,15H2,1-6H3,(H,25,28). The van der Waals surface area contributed by atoms with Crippen molar-refractivity contribution in [3.05, 3.63) is 35.6 Å². The molecule has 1 fully saturated rings. The molecule has 3 atom stereocenters. The van der Waals surface area contributed by atoms with E-state index in [2.05, 4.69) is 24.1 Å². The zero-order valence-electron chi connectivity index (χ0n) is 18.5. The lowest BCUT2D eigenvalue weighted by Gasteiger charge is -2.45. The molecule has 1 aromatic rings. The normalized spacial score (nSPS) is 21.8. The maximum Gasteiger partial charge on any atom is 0.408 e. The van der Waals surface area contributed by atoms with E-state index in [1.54, 1.807) is 20.8 Å². The number of nitrogens with zero attached hydrogens (tertiary/aromatic N) is 1. The van der Waals surface area contributed by atoms with Crippen LogP contribution in [0.15, 0.2) is 24.3 Å². The highest BCUT2D eigenvalue weighted by atomic mass is 19.1. The maximum absolute atomic E-state index is 13.3. The van der Waals surface area contributed by atoms with Gasteiger partial charge < -0.3 is 19.7 Å². The Morgan fingerprint density at radius 1 is 1.34 bits per heavy atom. The molecule has 0 bridgehead atoms. The molecule has 2 rings (SSSR count). The number of carbonyl (C=O) groups excluding carboxylic acids is 2. The fraction of sp³-hybridized carbons (Fsp3) is 0.652. The van der Waals surface area contributed by atoms with Gasteiger partial charge in [-0.05, 0) is 68.7 Å². The van der Waals surface area contributed by atoms with E-state index < -0.39 is 17.7 Å². The number of likely N-dealkylation sites (tertiary alicyclic amines) is 1. The molecule has 29 heavy (non-hydrogen) atoms. The highest BCUT2D eigenvalue weighted by Crippen LogP contribution is 2.42. The summed E-state index contributed by atoms with van der Waals surface area (Å²) in [5, 5.41) is 2.68. The number of ether oxygens (including phenoxy) is 1. The minimum Gasteiger partial charge on any atom is -0.444 e. The Morgan fingerprint density at radius 3 is 2.48 bits per heavy atom. The summed E-state index contributed by atoms with van der Waals surface area (Å²) >= 11 is 0. The van der Waals surface area contributed by atoms with Gasteiger partial charge in [0, 0.05) is 13.1 Å². The molecule has 1 aromatic carbocycles. The molecular formula is C23H35FN2O3. The van der Waals surface area contributed by atoms with Crippen LogP contribution in [0, 0.1) is 17.2 Å². The Balaban J connectivity index is 1.95. The Bertz CT molecular complexity index is 697. The third kappa shape index (κ3) is 6.81. The van der Waals surface area contributed by atoms with Gasteiger partial charge in [-0.15, -0.1) is 0 Å². The third-order valence-electron chi connectivity index (χ3n) is 5.57. The number of amides is 1. The predicted molar refractivity (Wildman–Crippen MR) is 112 cm³/mol. The average Bonchev–Trinajstić information content (AvgIpc) is 2.58. The molecule has 6 heteroatoms. The van der Waals surface area contributed by atoms with Crippen LogP contribution in [0.4, 0.5) is 9.18 Å². The van der Waals surface area contributed by atoms with Crippen molar-refractivity contribution in [3.63, 3.8) is 0 Å². The van der Waals surface area contributed by atoms with Gasteiger partial charge in [0.15, 0.2) is 0 Å². The van der Waals surface area contributed by atoms with Crippen LogP contribution in [0.1, 0.15) is 59.4 Å². The van der Waals surface area contributed by atoms with Crippen LogP contribution in [-0.2, 0) is 9.53 Å². The van der Waals surface area contributed by atoms with E-state index in [1.165, 1.54) is 17.7 Å². The second-order valence-corrected chi connectivity index (χ2v) is 9.90. The van der Waals surface area contributed by atoms with E-state index in [0.717, 1.165) is 25.8 Å². The molecule has 1 heterocycles. The Kier molecular flexibility index (Phi) is 7.44. The van der Waals surface area contributed by atoms with Crippen LogP contribution < -0.4 is 5.32 Å². The molecule has 0 spiro atoms. The number of nitrogens with one attached hydrogen (secondary N) is 1. The summed E-state index contributed by atoms with van der Waals surface area (Å²) in [5.41, 5.74) is 0.583. The van der Waals surface area contributed by atoms with Gasteiger partial charge in [0.25, 0.3) is 0 Å². The number of aldehydes is 1. The van der Waals surface area contributed by atoms with Gasteiger partial charge in [-0.3, -0.25) is 0 Å². The van der Waals surface area contributed by atoms with Crippen molar-refractivity contribution in [3.8, 4) is 0 Å². The first-order valence-electron chi connectivity index (χ1n) is 10.3. The number of hydrogen-bond acceptors (Lipinski definition) is 4. The first-order chi connectivity index (χ1) is 13.4. The fourth-order valence-corrected chi connectivity index (χ4v) is 4.21. The molecule has 162 valence electrons. The zero-order valence-corrected chi connectivity index (χ0v) is 18.5. The molecule has 5 nitrogen and oxygen atoms in total. The van der Waals surface area contributed by atoms with Crippen molar-refractivity contribution < 1.29 is 18.7 Å². The van der Waals surface area contributed by atoms with Crippen molar-refractivity contribution in [2.45, 2.75) is 65.5 Å². The van der Waals surface area contributed by atoms with E-state index in [-0.39, 0.29) is 17.2 Å². The Hall–Kier alpha value is -1.95. The highest BCUT2D eigenvalue weighted by molar-refractivity contribution is 5.73. The fourth-order valence-electron chi connectivity index (χ4n) is 4.21. The van der Waals surface area contributed by atoms with E-state index in [1.807, 2.05) is 19.1 Å². The van der Waals surface area contributed by atoms with Crippen LogP contribution in [0.5, 0.6) is 0 Å². The Labute approximate surface area is 174 Å². The number of alkyl carbamates (subject to hydrolysis) is 1. The topological polar surface area (TPSA) is 58.6 Å². The van der Waals surface area contributed by atoms with Gasteiger partial charge in [0.2, 0.25) is 0 Å². The number of hydrogen-bond donors (Lipinski definition) is 1. The summed E-state index contributed by atoms with van der Waals surface area (Å²) in [6.45, 7) is 14.3. The summed E-state index contributed by atoms with van der Waals surface area (Å²) in [6.07, 6.45) is 1.18. The van der Waals surface area contributed by atoms with Crippen molar-refractivity contribution in [1.29, 1.82) is 0 Å². The summed E-state index contributed by atoms with van der Waals surface area (Å²) in [4.78, 5) is 25.9.